The summed E-state index contributed by atoms with van der Waals surface area (Å²) in [6.45, 7) is 4.91. The Hall–Kier alpha value is -1.33. The lowest BCUT2D eigenvalue weighted by Crippen LogP contribution is -2.54. The van der Waals surface area contributed by atoms with Crippen LogP contribution in [-0.4, -0.2) is 38.2 Å². The largest absolute Gasteiger partial charge is 0.431 e. The standard InChI is InChI=1S/C19H21ClF7NO2S/c1-11(2)10-30-16-9-14(13-6-4-12(3)5-7-13)8-15(17(21,22)23)28(16)31(29)19(26,27)18(20,24)25/h4-8,11,14,16H,9-10H2,1-3H3/t14-,16-,31-/m0/s1. The van der Waals surface area contributed by atoms with Gasteiger partial charge in [-0.1, -0.05) is 43.7 Å². The number of rotatable bonds is 7. The highest BCUT2D eigenvalue weighted by Crippen LogP contribution is 2.47. The van der Waals surface area contributed by atoms with E-state index in [1.54, 1.807) is 45.0 Å². The van der Waals surface area contributed by atoms with Gasteiger partial charge in [-0.15, -0.1) is 0 Å². The summed E-state index contributed by atoms with van der Waals surface area (Å²) in [5, 5.41) is -10.8. The number of hydrogen-bond acceptors (Lipinski definition) is 2. The van der Waals surface area contributed by atoms with Gasteiger partial charge in [-0.05, 0) is 36.1 Å². The maximum atomic E-state index is 14.0. The van der Waals surface area contributed by atoms with Crippen LogP contribution in [-0.2, 0) is 15.7 Å². The second-order valence-electron chi connectivity index (χ2n) is 7.57. The van der Waals surface area contributed by atoms with Crippen LogP contribution in [0, 0.1) is 12.8 Å². The van der Waals surface area contributed by atoms with Gasteiger partial charge in [0, 0.05) is 12.3 Å². The van der Waals surface area contributed by atoms with Gasteiger partial charge in [-0.25, -0.2) is 4.21 Å². The molecule has 1 heterocycles. The highest BCUT2D eigenvalue weighted by atomic mass is 35.5. The summed E-state index contributed by atoms with van der Waals surface area (Å²) in [7, 11) is -4.18. The van der Waals surface area contributed by atoms with Crippen LogP contribution in [0.2, 0.25) is 0 Å². The lowest BCUT2D eigenvalue weighted by Gasteiger charge is -2.41. The molecule has 0 spiro atoms. The summed E-state index contributed by atoms with van der Waals surface area (Å²) in [6, 6.07) is 6.45. The Labute approximate surface area is 182 Å². The summed E-state index contributed by atoms with van der Waals surface area (Å²) in [5.74, 6) is -1.16. The minimum atomic E-state index is -5.48. The van der Waals surface area contributed by atoms with Crippen molar-refractivity contribution in [2.24, 2.45) is 5.92 Å². The zero-order valence-corrected chi connectivity index (χ0v) is 18.3. The van der Waals surface area contributed by atoms with Crippen LogP contribution < -0.4 is 0 Å². The van der Waals surface area contributed by atoms with Crippen molar-refractivity contribution in [1.82, 2.24) is 4.31 Å². The highest BCUT2D eigenvalue weighted by Gasteiger charge is 2.64. The average molecular weight is 496 g/mol. The van der Waals surface area contributed by atoms with Gasteiger partial charge in [-0.2, -0.15) is 30.7 Å². The molecule has 0 aromatic heterocycles. The molecule has 0 radical (unpaired) electrons. The predicted octanol–water partition coefficient (Wildman–Crippen LogP) is 6.32. The van der Waals surface area contributed by atoms with Crippen molar-refractivity contribution in [3.8, 4) is 0 Å². The predicted molar refractivity (Wildman–Crippen MR) is 103 cm³/mol. The number of aryl methyl sites for hydroxylation is 1. The molecule has 0 N–H and O–H groups in total. The molecule has 176 valence electrons. The second-order valence-corrected chi connectivity index (χ2v) is 9.45. The fourth-order valence-corrected chi connectivity index (χ4v) is 4.27. The first kappa shape index (κ1) is 25.9. The van der Waals surface area contributed by atoms with Crippen molar-refractivity contribution in [2.45, 2.75) is 56.2 Å². The van der Waals surface area contributed by atoms with Gasteiger partial charge in [0.2, 0.25) is 11.0 Å². The Bertz CT molecular complexity index is 822. The summed E-state index contributed by atoms with van der Waals surface area (Å²) < 4.78 is 113. The molecule has 1 aliphatic rings. The van der Waals surface area contributed by atoms with E-state index >= 15 is 0 Å². The van der Waals surface area contributed by atoms with Crippen molar-refractivity contribution >= 4 is 22.6 Å². The molecule has 1 aromatic rings. The molecule has 0 saturated heterocycles. The number of benzene rings is 1. The summed E-state index contributed by atoms with van der Waals surface area (Å²) in [5.41, 5.74) is -0.471. The number of alkyl halides is 8. The molecule has 0 saturated carbocycles. The average Bonchev–Trinajstić information content (AvgIpc) is 2.64. The van der Waals surface area contributed by atoms with Crippen LogP contribution in [0.1, 0.15) is 37.3 Å². The SMILES string of the molecule is Cc1ccc([C@H]2C=C(C(F)(F)F)N([S@@](=O)C(F)(F)C(F)(F)Cl)[C@@H](OCC(C)C)C2)cc1. The fraction of sp³-hybridized carbons (Fsp3) is 0.579. The van der Waals surface area contributed by atoms with Crippen LogP contribution in [0.3, 0.4) is 0 Å². The third-order valence-corrected chi connectivity index (χ3v) is 6.29. The lowest BCUT2D eigenvalue weighted by molar-refractivity contribution is -0.133. The monoisotopic (exact) mass is 495 g/mol. The Kier molecular flexibility index (Phi) is 7.75. The van der Waals surface area contributed by atoms with Gasteiger partial charge in [-0.3, -0.25) is 4.31 Å². The van der Waals surface area contributed by atoms with Gasteiger partial charge in [0.25, 0.3) is 0 Å². The molecule has 2 rings (SSSR count). The van der Waals surface area contributed by atoms with Crippen LogP contribution in [0.5, 0.6) is 0 Å². The van der Waals surface area contributed by atoms with E-state index in [9.17, 15) is 34.9 Å². The van der Waals surface area contributed by atoms with E-state index in [0.717, 1.165) is 5.56 Å². The Morgan fingerprint density at radius 1 is 1.13 bits per heavy atom. The van der Waals surface area contributed by atoms with E-state index in [0.29, 0.717) is 11.6 Å². The van der Waals surface area contributed by atoms with Crippen molar-refractivity contribution < 1.29 is 39.7 Å². The number of ether oxygens (including phenoxy) is 1. The second kappa shape index (κ2) is 9.27. The zero-order valence-electron chi connectivity index (χ0n) is 16.7. The van der Waals surface area contributed by atoms with Crippen molar-refractivity contribution in [1.29, 1.82) is 0 Å². The molecule has 12 heteroatoms. The number of hydrogen-bond donors (Lipinski definition) is 0. The minimum absolute atomic E-state index is 0.174. The van der Waals surface area contributed by atoms with Crippen LogP contribution in [0.15, 0.2) is 36.0 Å². The van der Waals surface area contributed by atoms with Crippen molar-refractivity contribution in [3.63, 3.8) is 0 Å². The van der Waals surface area contributed by atoms with Gasteiger partial charge in [0.05, 0.1) is 6.61 Å². The Morgan fingerprint density at radius 3 is 2.13 bits per heavy atom. The summed E-state index contributed by atoms with van der Waals surface area (Å²) >= 11 is 4.37. The molecular weight excluding hydrogens is 475 g/mol. The first-order valence-electron chi connectivity index (χ1n) is 9.18. The Morgan fingerprint density at radius 2 is 1.68 bits per heavy atom. The fourth-order valence-electron chi connectivity index (χ4n) is 2.92. The molecule has 3 nitrogen and oxygen atoms in total. The molecule has 31 heavy (non-hydrogen) atoms. The first-order valence-corrected chi connectivity index (χ1v) is 10.7. The van der Waals surface area contributed by atoms with Crippen molar-refractivity contribution in [2.75, 3.05) is 6.61 Å². The zero-order chi connectivity index (χ0) is 23.8. The summed E-state index contributed by atoms with van der Waals surface area (Å²) in [6.07, 6.45) is -6.79. The Balaban J connectivity index is 2.60. The van der Waals surface area contributed by atoms with E-state index in [-0.39, 0.29) is 23.3 Å². The maximum absolute atomic E-state index is 14.0. The van der Waals surface area contributed by atoms with E-state index in [4.69, 9.17) is 4.74 Å². The molecule has 1 aromatic carbocycles. The van der Waals surface area contributed by atoms with Crippen LogP contribution >= 0.6 is 11.6 Å². The molecular formula is C19H21ClF7NO2S. The molecule has 3 atom stereocenters. The third kappa shape index (κ3) is 5.92. The van der Waals surface area contributed by atoms with E-state index < -0.39 is 45.6 Å². The number of halogens is 8. The van der Waals surface area contributed by atoms with Gasteiger partial charge in [0.15, 0.2) is 0 Å². The van der Waals surface area contributed by atoms with E-state index in [1.807, 2.05) is 0 Å². The van der Waals surface area contributed by atoms with E-state index in [2.05, 4.69) is 11.6 Å². The number of nitrogens with zero attached hydrogens (tertiary/aromatic N) is 1. The molecule has 0 aliphatic carbocycles. The van der Waals surface area contributed by atoms with Gasteiger partial charge in [0.1, 0.15) is 11.9 Å². The third-order valence-electron chi connectivity index (χ3n) is 4.46. The molecule has 0 fully saturated rings. The highest BCUT2D eigenvalue weighted by molar-refractivity contribution is 7.84. The van der Waals surface area contributed by atoms with E-state index in [1.165, 1.54) is 0 Å². The van der Waals surface area contributed by atoms with Gasteiger partial charge < -0.3 is 4.74 Å². The maximum Gasteiger partial charge on any atom is 0.431 e. The number of allylic oxidation sites excluding steroid dienone is 2. The topological polar surface area (TPSA) is 29.5 Å². The van der Waals surface area contributed by atoms with Crippen LogP contribution in [0.25, 0.3) is 0 Å². The minimum Gasteiger partial charge on any atom is -0.357 e. The molecule has 0 bridgehead atoms. The normalized spacial score (nSPS) is 21.9. The molecule has 0 unspecified atom stereocenters. The van der Waals surface area contributed by atoms with Crippen LogP contribution in [0.4, 0.5) is 30.7 Å². The summed E-state index contributed by atoms with van der Waals surface area (Å²) in [4.78, 5) is 0. The molecule has 1 aliphatic heterocycles. The smallest absolute Gasteiger partial charge is 0.357 e. The first-order chi connectivity index (χ1) is 14.1. The quantitative estimate of drug-likeness (QED) is 0.327. The molecule has 0 amide bonds. The van der Waals surface area contributed by atoms with Gasteiger partial charge >= 0.3 is 16.8 Å². The lowest BCUT2D eigenvalue weighted by atomic mass is 9.90. The van der Waals surface area contributed by atoms with Crippen molar-refractivity contribution in [3.05, 3.63) is 47.2 Å².